The van der Waals surface area contributed by atoms with E-state index in [1.807, 2.05) is 18.2 Å². The maximum atomic E-state index is 12.2. The van der Waals surface area contributed by atoms with Gasteiger partial charge in [0.15, 0.2) is 0 Å². The van der Waals surface area contributed by atoms with Gasteiger partial charge in [0.2, 0.25) is 0 Å². The van der Waals surface area contributed by atoms with Crippen molar-refractivity contribution in [1.82, 2.24) is 0 Å². The zero-order valence-corrected chi connectivity index (χ0v) is 12.4. The van der Waals surface area contributed by atoms with Crippen molar-refractivity contribution < 1.29 is 13.7 Å². The van der Waals surface area contributed by atoms with E-state index in [4.69, 9.17) is 4.74 Å². The molecule has 5 heteroatoms. The Morgan fingerprint density at radius 2 is 2.00 bits per heavy atom. The van der Waals surface area contributed by atoms with Gasteiger partial charge in [-0.2, -0.15) is 0 Å². The van der Waals surface area contributed by atoms with Crippen molar-refractivity contribution >= 4 is 32.7 Å². The molecule has 0 aliphatic heterocycles. The molecular weight excluding hydrogens is 304 g/mol. The number of esters is 1. The average molecular weight is 319 g/mol. The van der Waals surface area contributed by atoms with E-state index in [0.717, 1.165) is 4.47 Å². The topological polar surface area (TPSA) is 43.4 Å². The molecule has 0 saturated heterocycles. The lowest BCUT2D eigenvalue weighted by Gasteiger charge is -2.20. The zero-order valence-electron chi connectivity index (χ0n) is 10.0. The summed E-state index contributed by atoms with van der Waals surface area (Å²) in [6, 6.07) is 7.30. The van der Waals surface area contributed by atoms with E-state index in [1.54, 1.807) is 19.9 Å². The predicted molar refractivity (Wildman–Crippen MR) is 71.2 cm³/mol. The van der Waals surface area contributed by atoms with Crippen molar-refractivity contribution in [2.45, 2.75) is 18.7 Å². The molecule has 0 aliphatic carbocycles. The molecule has 1 rings (SSSR count). The summed E-state index contributed by atoms with van der Waals surface area (Å²) in [6.07, 6.45) is 0. The molecule has 1 atom stereocenters. The first-order valence-electron chi connectivity index (χ1n) is 5.10. The van der Waals surface area contributed by atoms with E-state index in [-0.39, 0.29) is 11.7 Å². The summed E-state index contributed by atoms with van der Waals surface area (Å²) in [5, 5.41) is 0. The molecule has 0 radical (unpaired) electrons. The molecule has 94 valence electrons. The van der Waals surface area contributed by atoms with Gasteiger partial charge in [0.1, 0.15) is 0 Å². The SMILES string of the molecule is COC(=O)C(C)(C)CS(=O)c1ccccc1Br. The van der Waals surface area contributed by atoms with Crippen LogP contribution in [-0.4, -0.2) is 23.0 Å². The second-order valence-electron chi connectivity index (χ2n) is 4.30. The molecule has 1 unspecified atom stereocenters. The van der Waals surface area contributed by atoms with Gasteiger partial charge in [-0.05, 0) is 41.9 Å². The number of hydrogen-bond acceptors (Lipinski definition) is 3. The Morgan fingerprint density at radius 1 is 1.41 bits per heavy atom. The molecule has 0 heterocycles. The van der Waals surface area contributed by atoms with E-state index >= 15 is 0 Å². The van der Waals surface area contributed by atoms with E-state index < -0.39 is 16.2 Å². The van der Waals surface area contributed by atoms with Crippen LogP contribution in [0.1, 0.15) is 13.8 Å². The lowest BCUT2D eigenvalue weighted by atomic mass is 9.97. The Morgan fingerprint density at radius 3 is 2.53 bits per heavy atom. The highest BCUT2D eigenvalue weighted by Crippen LogP contribution is 2.25. The number of halogens is 1. The molecule has 0 fully saturated rings. The smallest absolute Gasteiger partial charge is 0.312 e. The third kappa shape index (κ3) is 3.64. The number of ether oxygens (including phenoxy) is 1. The van der Waals surface area contributed by atoms with Gasteiger partial charge in [-0.1, -0.05) is 12.1 Å². The number of methoxy groups -OCH3 is 1. The summed E-state index contributed by atoms with van der Waals surface area (Å²) in [5.74, 6) is -0.111. The first-order chi connectivity index (χ1) is 7.88. The Balaban J connectivity index is 2.87. The van der Waals surface area contributed by atoms with Crippen LogP contribution >= 0.6 is 15.9 Å². The fraction of sp³-hybridized carbons (Fsp3) is 0.417. The highest BCUT2D eigenvalue weighted by molar-refractivity contribution is 9.10. The van der Waals surface area contributed by atoms with Crippen LogP contribution in [0.15, 0.2) is 33.6 Å². The van der Waals surface area contributed by atoms with Crippen molar-refractivity contribution in [2.24, 2.45) is 5.41 Å². The first-order valence-corrected chi connectivity index (χ1v) is 7.21. The van der Waals surface area contributed by atoms with E-state index in [0.29, 0.717) is 4.90 Å². The second-order valence-corrected chi connectivity index (χ2v) is 6.57. The van der Waals surface area contributed by atoms with E-state index in [9.17, 15) is 9.00 Å². The van der Waals surface area contributed by atoms with Crippen molar-refractivity contribution in [3.63, 3.8) is 0 Å². The maximum Gasteiger partial charge on any atom is 0.312 e. The molecule has 1 aromatic carbocycles. The molecule has 0 spiro atoms. The minimum absolute atomic E-state index is 0.238. The molecule has 0 aliphatic rings. The molecular formula is C12H15BrO3S. The number of carbonyl (C=O) groups excluding carboxylic acids is 1. The van der Waals surface area contributed by atoms with Crippen molar-refractivity contribution in [1.29, 1.82) is 0 Å². The molecule has 1 aromatic rings. The minimum atomic E-state index is -1.23. The number of hydrogen-bond donors (Lipinski definition) is 0. The third-order valence-corrected chi connectivity index (χ3v) is 5.10. The zero-order chi connectivity index (χ0) is 13.1. The summed E-state index contributed by atoms with van der Waals surface area (Å²) in [6.45, 7) is 3.46. The molecule has 0 N–H and O–H groups in total. The summed E-state index contributed by atoms with van der Waals surface area (Å²) in [4.78, 5) is 12.2. The van der Waals surface area contributed by atoms with Crippen LogP contribution in [-0.2, 0) is 20.3 Å². The van der Waals surface area contributed by atoms with Crippen LogP contribution in [0.3, 0.4) is 0 Å². The minimum Gasteiger partial charge on any atom is -0.469 e. The predicted octanol–water partition coefficient (Wildman–Crippen LogP) is 2.76. The van der Waals surface area contributed by atoms with Crippen LogP contribution in [0.2, 0.25) is 0 Å². The molecule has 3 nitrogen and oxygen atoms in total. The summed E-state index contributed by atoms with van der Waals surface area (Å²) >= 11 is 3.35. The van der Waals surface area contributed by atoms with Gasteiger partial charge in [-0.15, -0.1) is 0 Å². The quantitative estimate of drug-likeness (QED) is 0.802. The molecule has 17 heavy (non-hydrogen) atoms. The standard InChI is InChI=1S/C12H15BrO3S/c1-12(2,11(14)16-3)8-17(15)10-7-5-4-6-9(10)13/h4-7H,8H2,1-3H3. The Kier molecular flexibility index (Phi) is 4.89. The average Bonchev–Trinajstić information content (AvgIpc) is 2.27. The van der Waals surface area contributed by atoms with Crippen molar-refractivity contribution in [2.75, 3.05) is 12.9 Å². The second kappa shape index (κ2) is 5.78. The molecule has 0 aromatic heterocycles. The van der Waals surface area contributed by atoms with E-state index in [2.05, 4.69) is 15.9 Å². The van der Waals surface area contributed by atoms with Gasteiger partial charge < -0.3 is 4.74 Å². The Hall–Kier alpha value is -0.680. The van der Waals surface area contributed by atoms with Gasteiger partial charge in [0.25, 0.3) is 0 Å². The molecule has 0 bridgehead atoms. The Bertz CT molecular complexity index is 443. The van der Waals surface area contributed by atoms with Crippen LogP contribution in [0.5, 0.6) is 0 Å². The van der Waals surface area contributed by atoms with Crippen molar-refractivity contribution in [3.05, 3.63) is 28.7 Å². The summed E-state index contributed by atoms with van der Waals surface area (Å²) in [7, 11) is 0.104. The number of benzene rings is 1. The molecule has 0 amide bonds. The fourth-order valence-electron chi connectivity index (χ4n) is 1.37. The fourth-order valence-corrected chi connectivity index (χ4v) is 3.64. The largest absolute Gasteiger partial charge is 0.469 e. The highest BCUT2D eigenvalue weighted by atomic mass is 79.9. The van der Waals surface area contributed by atoms with Gasteiger partial charge in [0, 0.05) is 10.2 Å². The normalized spacial score (nSPS) is 13.2. The van der Waals surface area contributed by atoms with Crippen LogP contribution in [0.4, 0.5) is 0 Å². The summed E-state index contributed by atoms with van der Waals surface area (Å²) < 4.78 is 17.7. The summed E-state index contributed by atoms with van der Waals surface area (Å²) in [5.41, 5.74) is -0.755. The lowest BCUT2D eigenvalue weighted by Crippen LogP contribution is -2.31. The van der Waals surface area contributed by atoms with Crippen LogP contribution in [0, 0.1) is 5.41 Å². The van der Waals surface area contributed by atoms with Gasteiger partial charge in [-0.3, -0.25) is 9.00 Å². The van der Waals surface area contributed by atoms with Gasteiger partial charge in [-0.25, -0.2) is 0 Å². The maximum absolute atomic E-state index is 12.2. The van der Waals surface area contributed by atoms with Crippen molar-refractivity contribution in [3.8, 4) is 0 Å². The third-order valence-electron chi connectivity index (χ3n) is 2.31. The molecule has 0 saturated carbocycles. The lowest BCUT2D eigenvalue weighted by molar-refractivity contribution is -0.149. The monoisotopic (exact) mass is 318 g/mol. The number of rotatable bonds is 4. The highest BCUT2D eigenvalue weighted by Gasteiger charge is 2.31. The first kappa shape index (κ1) is 14.4. The van der Waals surface area contributed by atoms with Crippen LogP contribution < -0.4 is 0 Å². The van der Waals surface area contributed by atoms with Gasteiger partial charge in [0.05, 0.1) is 28.2 Å². The van der Waals surface area contributed by atoms with Crippen LogP contribution in [0.25, 0.3) is 0 Å². The number of carbonyl (C=O) groups is 1. The van der Waals surface area contributed by atoms with Gasteiger partial charge >= 0.3 is 5.97 Å². The Labute approximate surface area is 112 Å². The van der Waals surface area contributed by atoms with E-state index in [1.165, 1.54) is 7.11 Å².